The molecule has 0 aliphatic rings. The molecule has 8 heteroatoms. The minimum absolute atomic E-state index is 0.212. The number of hydrogen-bond donors (Lipinski definition) is 4. The Kier molecular flexibility index (Phi) is 8.47. The van der Waals surface area contributed by atoms with E-state index in [1.54, 1.807) is 0 Å². The van der Waals surface area contributed by atoms with Crippen LogP contribution in [0.15, 0.2) is 0 Å². The molecule has 4 N–H and O–H groups in total. The van der Waals surface area contributed by atoms with Gasteiger partial charge in [-0.3, -0.25) is 19.3 Å². The molecular formula is C11H20N2O6. The summed E-state index contributed by atoms with van der Waals surface area (Å²) >= 11 is 0. The van der Waals surface area contributed by atoms with Crippen LogP contribution in [-0.4, -0.2) is 70.3 Å². The fraction of sp³-hybridized carbons (Fsp3) is 0.727. The topological polar surface area (TPSA) is 127 Å². The third kappa shape index (κ3) is 8.11. The summed E-state index contributed by atoms with van der Waals surface area (Å²) in [4.78, 5) is 33.6. The molecule has 1 unspecified atom stereocenters. The highest BCUT2D eigenvalue weighted by Crippen LogP contribution is 2.06. The van der Waals surface area contributed by atoms with Gasteiger partial charge in [0.05, 0.1) is 13.0 Å². The minimum Gasteiger partial charge on any atom is -0.481 e. The average molecular weight is 276 g/mol. The molecule has 0 amide bonds. The molecule has 0 aromatic rings. The van der Waals surface area contributed by atoms with Crippen LogP contribution in [-0.2, 0) is 14.4 Å². The maximum atomic E-state index is 11.1. The molecule has 0 aliphatic carbocycles. The number of carboxylic acids is 3. The van der Waals surface area contributed by atoms with Crippen LogP contribution in [0.1, 0.15) is 19.8 Å². The van der Waals surface area contributed by atoms with E-state index in [-0.39, 0.29) is 19.6 Å². The van der Waals surface area contributed by atoms with Crippen molar-refractivity contribution in [2.45, 2.75) is 25.8 Å². The molecule has 0 aromatic carbocycles. The van der Waals surface area contributed by atoms with Crippen molar-refractivity contribution in [2.75, 3.05) is 26.2 Å². The molecule has 0 rings (SSSR count). The fourth-order valence-corrected chi connectivity index (χ4v) is 1.67. The Balaban J connectivity index is 4.43. The summed E-state index contributed by atoms with van der Waals surface area (Å²) < 4.78 is 0. The third-order valence-corrected chi connectivity index (χ3v) is 2.46. The van der Waals surface area contributed by atoms with Crippen LogP contribution >= 0.6 is 0 Å². The molecule has 0 spiro atoms. The van der Waals surface area contributed by atoms with Gasteiger partial charge < -0.3 is 20.6 Å². The smallest absolute Gasteiger partial charge is 0.321 e. The molecule has 110 valence electrons. The monoisotopic (exact) mass is 276 g/mol. The van der Waals surface area contributed by atoms with Crippen molar-refractivity contribution in [3.63, 3.8) is 0 Å². The SMILES string of the molecule is CCCN(CCNCC(=O)O)C(CC(=O)O)C(=O)O. The van der Waals surface area contributed by atoms with Crippen LogP contribution in [0, 0.1) is 0 Å². The summed E-state index contributed by atoms with van der Waals surface area (Å²) in [6, 6.07) is -1.09. The molecule has 8 nitrogen and oxygen atoms in total. The molecule has 1 atom stereocenters. The summed E-state index contributed by atoms with van der Waals surface area (Å²) in [5.74, 6) is -3.36. The number of nitrogens with zero attached hydrogens (tertiary/aromatic N) is 1. The summed E-state index contributed by atoms with van der Waals surface area (Å²) in [6.45, 7) is 2.66. The van der Waals surface area contributed by atoms with Gasteiger partial charge in [0.2, 0.25) is 0 Å². The number of carboxylic acid groups (broad SMARTS) is 3. The zero-order valence-corrected chi connectivity index (χ0v) is 10.8. The van der Waals surface area contributed by atoms with Crippen LogP contribution in [0.4, 0.5) is 0 Å². The predicted octanol–water partition coefficient (Wildman–Crippen LogP) is -0.699. The maximum Gasteiger partial charge on any atom is 0.321 e. The highest BCUT2D eigenvalue weighted by Gasteiger charge is 2.27. The molecule has 0 fully saturated rings. The van der Waals surface area contributed by atoms with Crippen molar-refractivity contribution in [3.05, 3.63) is 0 Å². The van der Waals surface area contributed by atoms with Crippen molar-refractivity contribution >= 4 is 17.9 Å². The lowest BCUT2D eigenvalue weighted by Crippen LogP contribution is -2.46. The fourth-order valence-electron chi connectivity index (χ4n) is 1.67. The Hall–Kier alpha value is -1.67. The first-order valence-corrected chi connectivity index (χ1v) is 5.99. The first kappa shape index (κ1) is 17.3. The molecule has 19 heavy (non-hydrogen) atoms. The van der Waals surface area contributed by atoms with E-state index in [4.69, 9.17) is 15.3 Å². The van der Waals surface area contributed by atoms with Gasteiger partial charge in [-0.05, 0) is 13.0 Å². The zero-order chi connectivity index (χ0) is 14.8. The molecule has 0 saturated carbocycles. The number of rotatable bonds is 11. The van der Waals surface area contributed by atoms with Crippen molar-refractivity contribution in [1.29, 1.82) is 0 Å². The number of carbonyl (C=O) groups is 3. The largest absolute Gasteiger partial charge is 0.481 e. The van der Waals surface area contributed by atoms with Gasteiger partial charge in [0.1, 0.15) is 6.04 Å². The van der Waals surface area contributed by atoms with Gasteiger partial charge in [0, 0.05) is 13.1 Å². The van der Waals surface area contributed by atoms with E-state index in [9.17, 15) is 14.4 Å². The Labute approximate surface area is 111 Å². The molecular weight excluding hydrogens is 256 g/mol. The Bertz CT molecular complexity index is 320. The molecule has 0 heterocycles. The van der Waals surface area contributed by atoms with E-state index in [0.717, 1.165) is 0 Å². The van der Waals surface area contributed by atoms with Gasteiger partial charge in [-0.15, -0.1) is 0 Å². The van der Waals surface area contributed by atoms with E-state index in [1.165, 1.54) is 4.90 Å². The minimum atomic E-state index is -1.19. The van der Waals surface area contributed by atoms with Gasteiger partial charge in [-0.2, -0.15) is 0 Å². The molecule has 0 bridgehead atoms. The van der Waals surface area contributed by atoms with Gasteiger partial charge in [-0.25, -0.2) is 0 Å². The highest BCUT2D eigenvalue weighted by atomic mass is 16.4. The van der Waals surface area contributed by atoms with Crippen molar-refractivity contribution in [1.82, 2.24) is 10.2 Å². The van der Waals surface area contributed by atoms with Crippen LogP contribution < -0.4 is 5.32 Å². The second kappa shape index (κ2) is 9.29. The summed E-state index contributed by atoms with van der Waals surface area (Å²) in [5.41, 5.74) is 0. The first-order valence-electron chi connectivity index (χ1n) is 5.99. The van der Waals surface area contributed by atoms with Gasteiger partial charge in [0.15, 0.2) is 0 Å². The predicted molar refractivity (Wildman–Crippen MR) is 66.0 cm³/mol. The number of nitrogens with one attached hydrogen (secondary N) is 1. The summed E-state index contributed by atoms with van der Waals surface area (Å²) in [7, 11) is 0. The third-order valence-electron chi connectivity index (χ3n) is 2.46. The van der Waals surface area contributed by atoms with Crippen LogP contribution in [0.25, 0.3) is 0 Å². The second-order valence-corrected chi connectivity index (χ2v) is 4.06. The second-order valence-electron chi connectivity index (χ2n) is 4.06. The van der Waals surface area contributed by atoms with E-state index >= 15 is 0 Å². The van der Waals surface area contributed by atoms with Gasteiger partial charge in [0.25, 0.3) is 0 Å². The van der Waals surface area contributed by atoms with Gasteiger partial charge in [-0.1, -0.05) is 6.92 Å². The van der Waals surface area contributed by atoms with E-state index in [2.05, 4.69) is 5.32 Å². The quantitative estimate of drug-likeness (QED) is 0.365. The van der Waals surface area contributed by atoms with Crippen LogP contribution in [0.2, 0.25) is 0 Å². The molecule has 0 radical (unpaired) electrons. The number of hydrogen-bond acceptors (Lipinski definition) is 5. The molecule has 0 aromatic heterocycles. The van der Waals surface area contributed by atoms with Crippen LogP contribution in [0.3, 0.4) is 0 Å². The van der Waals surface area contributed by atoms with E-state index in [1.807, 2.05) is 6.92 Å². The molecule has 0 aliphatic heterocycles. The normalized spacial score (nSPS) is 12.3. The van der Waals surface area contributed by atoms with Crippen molar-refractivity contribution in [3.8, 4) is 0 Å². The Morgan fingerprint density at radius 2 is 1.74 bits per heavy atom. The van der Waals surface area contributed by atoms with Crippen LogP contribution in [0.5, 0.6) is 0 Å². The standard InChI is InChI=1S/C11H20N2O6/c1-2-4-13(5-3-12-7-10(16)17)8(11(18)19)6-9(14)15/h8,12H,2-7H2,1H3,(H,14,15)(H,16,17)(H,18,19). The van der Waals surface area contributed by atoms with Crippen molar-refractivity contribution < 1.29 is 29.7 Å². The maximum absolute atomic E-state index is 11.1. The molecule has 0 saturated heterocycles. The zero-order valence-electron chi connectivity index (χ0n) is 10.8. The lowest BCUT2D eigenvalue weighted by atomic mass is 10.1. The number of aliphatic carboxylic acids is 3. The lowest BCUT2D eigenvalue weighted by Gasteiger charge is -2.27. The lowest BCUT2D eigenvalue weighted by molar-refractivity contribution is -0.149. The summed E-state index contributed by atoms with van der Waals surface area (Å²) in [5, 5.41) is 28.8. The summed E-state index contributed by atoms with van der Waals surface area (Å²) in [6.07, 6.45) is 0.205. The Morgan fingerprint density at radius 3 is 2.16 bits per heavy atom. The first-order chi connectivity index (χ1) is 8.88. The van der Waals surface area contributed by atoms with Gasteiger partial charge >= 0.3 is 17.9 Å². The Morgan fingerprint density at radius 1 is 1.11 bits per heavy atom. The van der Waals surface area contributed by atoms with E-state index < -0.39 is 30.4 Å². The van der Waals surface area contributed by atoms with Crippen molar-refractivity contribution in [2.24, 2.45) is 0 Å². The highest BCUT2D eigenvalue weighted by molar-refractivity contribution is 5.80. The van der Waals surface area contributed by atoms with E-state index in [0.29, 0.717) is 13.0 Å². The average Bonchev–Trinajstić information content (AvgIpc) is 2.29.